The van der Waals surface area contributed by atoms with Gasteiger partial charge >= 0.3 is 26.2 Å². The summed E-state index contributed by atoms with van der Waals surface area (Å²) >= 11 is 0. The van der Waals surface area contributed by atoms with Crippen LogP contribution in [0.25, 0.3) is 10.8 Å². The van der Waals surface area contributed by atoms with Gasteiger partial charge in [0.25, 0.3) is 0 Å². The summed E-state index contributed by atoms with van der Waals surface area (Å²) in [4.78, 5) is 0. The molecule has 0 spiro atoms. The molecular formula is C10H9I2Zr. The molecule has 0 aliphatic heterocycles. The second-order valence-electron chi connectivity index (χ2n) is 2.66. The summed E-state index contributed by atoms with van der Waals surface area (Å²) in [6.07, 6.45) is 0. The van der Waals surface area contributed by atoms with Crippen molar-refractivity contribution in [1.29, 1.82) is 0 Å². The van der Waals surface area contributed by atoms with Crippen LogP contribution in [0.2, 0.25) is 0 Å². The van der Waals surface area contributed by atoms with Crippen molar-refractivity contribution in [3.05, 3.63) is 42.0 Å². The van der Waals surface area contributed by atoms with Gasteiger partial charge in [-0.15, -0.1) is 40.6 Å². The molecule has 0 heterocycles. The van der Waals surface area contributed by atoms with Crippen molar-refractivity contribution in [1.82, 2.24) is 0 Å². The Morgan fingerprint density at radius 2 is 1.69 bits per heavy atom. The van der Waals surface area contributed by atoms with Gasteiger partial charge in [-0.05, 0) is 0 Å². The molecule has 0 aliphatic rings. The van der Waals surface area contributed by atoms with Gasteiger partial charge in [0.05, 0.1) is 0 Å². The minimum Gasteiger partial charge on any atom is -1.00 e. The van der Waals surface area contributed by atoms with Crippen LogP contribution in [0, 0.1) is 6.92 Å². The first-order valence-electron chi connectivity index (χ1n) is 3.48. The number of hydrogen-bond donors (Lipinski definition) is 0. The molecule has 0 aromatic heterocycles. The summed E-state index contributed by atoms with van der Waals surface area (Å²) in [7, 11) is 0. The summed E-state index contributed by atoms with van der Waals surface area (Å²) in [5, 5.41) is 2.69. The molecule has 0 saturated carbocycles. The van der Waals surface area contributed by atoms with E-state index in [-0.39, 0.29) is 74.2 Å². The van der Waals surface area contributed by atoms with Crippen LogP contribution >= 0.6 is 0 Å². The van der Waals surface area contributed by atoms with Crippen molar-refractivity contribution in [2.24, 2.45) is 0 Å². The molecule has 0 atom stereocenters. The molecule has 0 N–H and O–H groups in total. The first kappa shape index (κ1) is 16.6. The molecule has 1 radical (unpaired) electrons. The van der Waals surface area contributed by atoms with Crippen LogP contribution in [0.15, 0.2) is 36.4 Å². The van der Waals surface area contributed by atoms with Gasteiger partial charge in [0.2, 0.25) is 0 Å². The second-order valence-corrected chi connectivity index (χ2v) is 2.66. The quantitative estimate of drug-likeness (QED) is 0.280. The third-order valence-corrected chi connectivity index (χ3v) is 1.76. The topological polar surface area (TPSA) is 0 Å². The Balaban J connectivity index is 0. The summed E-state index contributed by atoms with van der Waals surface area (Å²) < 4.78 is 0. The zero-order valence-corrected chi connectivity index (χ0v) is 14.0. The molecule has 2 rings (SSSR count). The Bertz CT molecular complexity index is 321. The maximum Gasteiger partial charge on any atom is 3.00 e. The normalized spacial score (nSPS) is 8.08. The third kappa shape index (κ3) is 4.04. The third-order valence-electron chi connectivity index (χ3n) is 1.76. The zero-order chi connectivity index (χ0) is 6.97. The van der Waals surface area contributed by atoms with Gasteiger partial charge in [0.1, 0.15) is 0 Å². The molecule has 2 aromatic carbocycles. The van der Waals surface area contributed by atoms with Crippen LogP contribution < -0.4 is 48.0 Å². The average molecular weight is 474 g/mol. The Kier molecular flexibility index (Phi) is 9.53. The maximum atomic E-state index is 2.20. The van der Waals surface area contributed by atoms with Crippen molar-refractivity contribution in [2.45, 2.75) is 6.92 Å². The van der Waals surface area contributed by atoms with E-state index in [1.54, 1.807) is 0 Å². The van der Waals surface area contributed by atoms with Crippen molar-refractivity contribution in [3.63, 3.8) is 0 Å². The second kappa shape index (κ2) is 7.46. The number of fused-ring (bicyclic) bond motifs is 1. The van der Waals surface area contributed by atoms with E-state index in [1.807, 2.05) is 0 Å². The number of benzene rings is 1. The SMILES string of the molecule is Cc1cc2ccccc2[cH-]1.[I-].[I-].[Zr+3]. The standard InChI is InChI=1S/C10H9.2HI.Zr/c1-8-6-9-4-2-3-5-10(9)7-8;;;/h2-7H,1H3;2*1H;/q-1;;;+3/p-2. The van der Waals surface area contributed by atoms with Crippen LogP contribution in [0.5, 0.6) is 0 Å². The Morgan fingerprint density at radius 3 is 2.31 bits per heavy atom. The van der Waals surface area contributed by atoms with Crippen LogP contribution in [0.4, 0.5) is 0 Å². The number of aryl methyl sites for hydroxylation is 1. The first-order valence-corrected chi connectivity index (χ1v) is 3.48. The molecule has 0 amide bonds. The fourth-order valence-corrected chi connectivity index (χ4v) is 1.31. The molecule has 0 nitrogen and oxygen atoms in total. The zero-order valence-electron chi connectivity index (χ0n) is 7.22. The van der Waals surface area contributed by atoms with E-state index in [2.05, 4.69) is 43.3 Å². The van der Waals surface area contributed by atoms with Gasteiger partial charge in [0.15, 0.2) is 0 Å². The molecule has 3 heteroatoms. The fourth-order valence-electron chi connectivity index (χ4n) is 1.31. The van der Waals surface area contributed by atoms with Gasteiger partial charge in [-0.1, -0.05) is 13.0 Å². The molecule has 0 bridgehead atoms. The van der Waals surface area contributed by atoms with E-state index in [0.29, 0.717) is 0 Å². The first-order chi connectivity index (χ1) is 4.86. The molecule has 2 aromatic rings. The summed E-state index contributed by atoms with van der Waals surface area (Å²) in [6.45, 7) is 2.12. The summed E-state index contributed by atoms with van der Waals surface area (Å²) in [5.41, 5.74) is 1.35. The van der Waals surface area contributed by atoms with Gasteiger partial charge < -0.3 is 48.0 Å². The largest absolute Gasteiger partial charge is 3.00 e. The van der Waals surface area contributed by atoms with Crippen LogP contribution in [0.1, 0.15) is 5.56 Å². The van der Waals surface area contributed by atoms with Gasteiger partial charge in [-0.25, -0.2) is 0 Å². The van der Waals surface area contributed by atoms with Crippen LogP contribution in [-0.2, 0) is 26.2 Å². The smallest absolute Gasteiger partial charge is 1.00 e. The van der Waals surface area contributed by atoms with E-state index in [0.717, 1.165) is 0 Å². The van der Waals surface area contributed by atoms with E-state index in [9.17, 15) is 0 Å². The molecule has 0 unspecified atom stereocenters. The molecule has 13 heavy (non-hydrogen) atoms. The minimum atomic E-state index is 0. The molecule has 67 valence electrons. The maximum absolute atomic E-state index is 2.20. The van der Waals surface area contributed by atoms with E-state index in [1.165, 1.54) is 16.3 Å². The Morgan fingerprint density at radius 1 is 1.08 bits per heavy atom. The van der Waals surface area contributed by atoms with Crippen molar-refractivity contribution >= 4 is 10.8 Å². The predicted octanol–water partition coefficient (Wildman–Crippen LogP) is -3.13. The van der Waals surface area contributed by atoms with E-state index >= 15 is 0 Å². The molecule has 0 fully saturated rings. The molecule has 0 saturated heterocycles. The van der Waals surface area contributed by atoms with Crippen molar-refractivity contribution < 1.29 is 74.2 Å². The minimum absolute atomic E-state index is 0. The van der Waals surface area contributed by atoms with Gasteiger partial charge in [-0.3, -0.25) is 0 Å². The molecule has 0 aliphatic carbocycles. The fraction of sp³-hybridized carbons (Fsp3) is 0.100. The monoisotopic (exact) mass is 473 g/mol. The average Bonchev–Trinajstić information content (AvgIpc) is 2.27. The Hall–Kier alpha value is 1.17. The van der Waals surface area contributed by atoms with Crippen LogP contribution in [-0.4, -0.2) is 0 Å². The van der Waals surface area contributed by atoms with E-state index < -0.39 is 0 Å². The predicted molar refractivity (Wildman–Crippen MR) is 44.3 cm³/mol. The number of halogens is 2. The number of hydrogen-bond acceptors (Lipinski definition) is 0. The van der Waals surface area contributed by atoms with Gasteiger partial charge in [0, 0.05) is 0 Å². The molecular weight excluding hydrogens is 465 g/mol. The van der Waals surface area contributed by atoms with Crippen LogP contribution in [0.3, 0.4) is 0 Å². The van der Waals surface area contributed by atoms with Gasteiger partial charge in [-0.2, -0.15) is 6.07 Å². The Labute approximate surface area is 132 Å². The summed E-state index contributed by atoms with van der Waals surface area (Å²) in [5.74, 6) is 0. The number of rotatable bonds is 0. The van der Waals surface area contributed by atoms with E-state index in [4.69, 9.17) is 0 Å². The summed E-state index contributed by atoms with van der Waals surface area (Å²) in [6, 6.07) is 12.8. The van der Waals surface area contributed by atoms with Crippen molar-refractivity contribution in [3.8, 4) is 0 Å². The van der Waals surface area contributed by atoms with Crippen molar-refractivity contribution in [2.75, 3.05) is 0 Å².